The lowest BCUT2D eigenvalue weighted by atomic mass is 9.66. The Morgan fingerprint density at radius 1 is 0.541 bits per heavy atom. The highest BCUT2D eigenvalue weighted by molar-refractivity contribution is 9.11. The summed E-state index contributed by atoms with van der Waals surface area (Å²) in [4.78, 5) is 0. The highest BCUT2D eigenvalue weighted by Gasteiger charge is 2.48. The Morgan fingerprint density at radius 2 is 0.946 bits per heavy atom. The van der Waals surface area contributed by atoms with Crippen molar-refractivity contribution in [1.82, 2.24) is 0 Å². The molecule has 0 amide bonds. The van der Waals surface area contributed by atoms with E-state index in [9.17, 15) is 0 Å². The second kappa shape index (κ2) is 9.60. The van der Waals surface area contributed by atoms with Crippen molar-refractivity contribution in [2.24, 2.45) is 0 Å². The molecule has 37 heavy (non-hydrogen) atoms. The lowest BCUT2D eigenvalue weighted by Gasteiger charge is -2.38. The summed E-state index contributed by atoms with van der Waals surface area (Å²) in [5, 5.41) is 10.4. The number of anilines is 3. The van der Waals surface area contributed by atoms with Crippen molar-refractivity contribution in [1.29, 1.82) is 0 Å². The first kappa shape index (κ1) is 25.8. The number of fused-ring (bicyclic) bond motifs is 5. The van der Waals surface area contributed by atoms with Gasteiger partial charge in [0.2, 0.25) is 0 Å². The van der Waals surface area contributed by atoms with Gasteiger partial charge in [-0.3, -0.25) is 0 Å². The molecule has 2 spiro atoms. The standard InChI is InChI=1S/C11H12BrN.C10H10BrN.C10H12BrN/c12-8-2-3-9-10(6-8)13-7-11(9)4-1-5-11;11-7-1-2-8-9(5-7)12-6-10(8)3-4-10;1-10(2)6-12-9-5-7(11)3-4-8(9)10/h2-3,6,13H,1,4-5,7H2;1-2,5,12H,3-4,6H2;3-5,12H,6H2,1-2H3. The molecule has 3 aromatic carbocycles. The number of nitrogens with one attached hydrogen (secondary N) is 3. The van der Waals surface area contributed by atoms with Crippen LogP contribution in [0.1, 0.15) is 62.6 Å². The molecule has 0 unspecified atom stereocenters. The van der Waals surface area contributed by atoms with Gasteiger partial charge in [0.15, 0.2) is 0 Å². The first-order chi connectivity index (χ1) is 17.7. The molecule has 0 aromatic heterocycles. The van der Waals surface area contributed by atoms with Gasteiger partial charge >= 0.3 is 0 Å². The number of benzene rings is 3. The number of halogens is 3. The number of hydrogen-bond donors (Lipinski definition) is 3. The second-order valence-corrected chi connectivity index (χ2v) is 14.7. The fourth-order valence-electron chi connectivity index (χ4n) is 6.28. The van der Waals surface area contributed by atoms with Gasteiger partial charge < -0.3 is 16.0 Å². The summed E-state index contributed by atoms with van der Waals surface area (Å²) < 4.78 is 3.49. The molecule has 3 N–H and O–H groups in total. The van der Waals surface area contributed by atoms with Gasteiger partial charge in [0.1, 0.15) is 0 Å². The second-order valence-electron chi connectivity index (χ2n) is 11.9. The Labute approximate surface area is 246 Å². The molecule has 0 bridgehead atoms. The fourth-order valence-corrected chi connectivity index (χ4v) is 7.36. The first-order valence-electron chi connectivity index (χ1n) is 13.3. The summed E-state index contributed by atoms with van der Waals surface area (Å²) in [7, 11) is 0. The average molecular weight is 688 g/mol. The quantitative estimate of drug-likeness (QED) is 0.221. The van der Waals surface area contributed by atoms with Gasteiger partial charge in [-0.15, -0.1) is 0 Å². The van der Waals surface area contributed by atoms with Crippen LogP contribution in [-0.4, -0.2) is 19.6 Å². The van der Waals surface area contributed by atoms with E-state index in [4.69, 9.17) is 0 Å². The van der Waals surface area contributed by atoms with Gasteiger partial charge in [-0.2, -0.15) is 0 Å². The van der Waals surface area contributed by atoms with E-state index in [1.54, 1.807) is 5.56 Å². The lowest BCUT2D eigenvalue weighted by molar-refractivity contribution is 0.272. The van der Waals surface area contributed by atoms with Crippen LogP contribution in [0.15, 0.2) is 68.0 Å². The zero-order valence-corrected chi connectivity index (χ0v) is 26.2. The van der Waals surface area contributed by atoms with Gasteiger partial charge in [0.25, 0.3) is 0 Å². The van der Waals surface area contributed by atoms with Crippen molar-refractivity contribution < 1.29 is 0 Å². The molecule has 3 aliphatic heterocycles. The number of rotatable bonds is 0. The Kier molecular flexibility index (Phi) is 6.69. The van der Waals surface area contributed by atoms with Crippen molar-refractivity contribution in [2.75, 3.05) is 35.6 Å². The van der Waals surface area contributed by atoms with Crippen molar-refractivity contribution in [3.8, 4) is 0 Å². The van der Waals surface area contributed by atoms with Gasteiger partial charge in [0, 0.05) is 66.4 Å². The fraction of sp³-hybridized carbons (Fsp3) is 0.419. The molecular weight excluding hydrogens is 654 g/mol. The largest absolute Gasteiger partial charge is 0.384 e. The normalized spacial score (nSPS) is 21.0. The summed E-state index contributed by atoms with van der Waals surface area (Å²) in [6.07, 6.45) is 6.88. The van der Waals surface area contributed by atoms with Crippen LogP contribution in [0.2, 0.25) is 0 Å². The minimum atomic E-state index is 0.288. The van der Waals surface area contributed by atoms with Crippen molar-refractivity contribution in [2.45, 2.75) is 62.2 Å². The average Bonchev–Trinajstić information content (AvgIpc) is 3.26. The van der Waals surface area contributed by atoms with Crippen LogP contribution in [0.25, 0.3) is 0 Å². The number of hydrogen-bond acceptors (Lipinski definition) is 3. The summed E-state index contributed by atoms with van der Waals surface area (Å²) >= 11 is 10.4. The zero-order valence-electron chi connectivity index (χ0n) is 21.5. The summed E-state index contributed by atoms with van der Waals surface area (Å²) in [6, 6.07) is 19.7. The molecule has 3 nitrogen and oxygen atoms in total. The Balaban J connectivity index is 0.000000102. The van der Waals surface area contributed by atoms with E-state index in [2.05, 4.69) is 132 Å². The summed E-state index contributed by atoms with van der Waals surface area (Å²) in [5.74, 6) is 0. The molecule has 2 saturated carbocycles. The third-order valence-electron chi connectivity index (χ3n) is 8.94. The van der Waals surface area contributed by atoms with E-state index in [1.807, 2.05) is 0 Å². The molecule has 2 aliphatic carbocycles. The smallest absolute Gasteiger partial charge is 0.0390 e. The predicted molar refractivity (Wildman–Crippen MR) is 167 cm³/mol. The Bertz CT molecular complexity index is 1290. The molecule has 3 heterocycles. The third kappa shape index (κ3) is 4.87. The third-order valence-corrected chi connectivity index (χ3v) is 10.4. The maximum absolute atomic E-state index is 3.50. The molecular formula is C31H34Br3N3. The van der Waals surface area contributed by atoms with Gasteiger partial charge in [-0.25, -0.2) is 0 Å². The van der Waals surface area contributed by atoms with Crippen LogP contribution in [0.4, 0.5) is 17.1 Å². The van der Waals surface area contributed by atoms with Crippen molar-refractivity contribution in [3.05, 3.63) is 84.7 Å². The monoisotopic (exact) mass is 685 g/mol. The van der Waals surface area contributed by atoms with E-state index < -0.39 is 0 Å². The van der Waals surface area contributed by atoms with Gasteiger partial charge in [-0.1, -0.05) is 86.3 Å². The van der Waals surface area contributed by atoms with E-state index in [0.717, 1.165) is 24.1 Å². The van der Waals surface area contributed by atoms with E-state index in [1.165, 1.54) is 69.2 Å². The molecule has 194 valence electrons. The van der Waals surface area contributed by atoms with Gasteiger partial charge in [0.05, 0.1) is 0 Å². The predicted octanol–water partition coefficient (Wildman–Crippen LogP) is 9.35. The van der Waals surface area contributed by atoms with Crippen LogP contribution in [-0.2, 0) is 16.2 Å². The van der Waals surface area contributed by atoms with Crippen LogP contribution < -0.4 is 16.0 Å². The van der Waals surface area contributed by atoms with E-state index in [-0.39, 0.29) is 5.41 Å². The maximum atomic E-state index is 3.50. The molecule has 0 atom stereocenters. The molecule has 2 fully saturated rings. The Morgan fingerprint density at radius 3 is 1.38 bits per heavy atom. The molecule has 8 rings (SSSR count). The minimum absolute atomic E-state index is 0.288. The summed E-state index contributed by atoms with van der Waals surface area (Å²) in [5.41, 5.74) is 9.78. The minimum Gasteiger partial charge on any atom is -0.384 e. The molecule has 3 aromatic rings. The summed E-state index contributed by atoms with van der Waals surface area (Å²) in [6.45, 7) is 7.87. The van der Waals surface area contributed by atoms with Crippen LogP contribution >= 0.6 is 47.8 Å². The molecule has 6 heteroatoms. The van der Waals surface area contributed by atoms with Crippen molar-refractivity contribution >= 4 is 64.9 Å². The lowest BCUT2D eigenvalue weighted by Crippen LogP contribution is -2.35. The first-order valence-corrected chi connectivity index (χ1v) is 15.7. The topological polar surface area (TPSA) is 36.1 Å². The van der Waals surface area contributed by atoms with E-state index in [0.29, 0.717) is 10.8 Å². The van der Waals surface area contributed by atoms with Gasteiger partial charge in [-0.05, 0) is 78.8 Å². The maximum Gasteiger partial charge on any atom is 0.0390 e. The molecule has 0 saturated heterocycles. The van der Waals surface area contributed by atoms with Crippen LogP contribution in [0.3, 0.4) is 0 Å². The van der Waals surface area contributed by atoms with E-state index >= 15 is 0 Å². The van der Waals surface area contributed by atoms with Crippen molar-refractivity contribution in [3.63, 3.8) is 0 Å². The molecule has 0 radical (unpaired) electrons. The molecule has 5 aliphatic rings. The Hall–Kier alpha value is -1.50. The van der Waals surface area contributed by atoms with Crippen LogP contribution in [0.5, 0.6) is 0 Å². The highest BCUT2D eigenvalue weighted by Crippen LogP contribution is 2.54. The highest BCUT2D eigenvalue weighted by atomic mass is 79.9. The SMILES string of the molecule is Brc1ccc2c(c1)NCC21CC1.Brc1ccc2c(c1)NCC21CCC1.CC1(C)CNc2cc(Br)ccc21. The van der Waals surface area contributed by atoms with Crippen LogP contribution in [0, 0.1) is 0 Å². The zero-order chi connectivity index (χ0) is 25.8.